The Morgan fingerprint density at radius 1 is 1.26 bits per heavy atom. The predicted molar refractivity (Wildman–Crippen MR) is 75.4 cm³/mol. The second-order valence-corrected chi connectivity index (χ2v) is 4.52. The summed E-state index contributed by atoms with van der Waals surface area (Å²) in [7, 11) is 0. The molecule has 0 saturated carbocycles. The molecule has 2 rings (SSSR count). The van der Waals surface area contributed by atoms with E-state index in [1.54, 1.807) is 4.90 Å². The predicted octanol–water partition coefficient (Wildman–Crippen LogP) is 0.601. The summed E-state index contributed by atoms with van der Waals surface area (Å²) < 4.78 is 0. The molecule has 1 aromatic rings. The lowest BCUT2D eigenvalue weighted by Gasteiger charge is -2.33. The Bertz CT molecular complexity index is 413. The fraction of sp³-hybridized carbons (Fsp3) is 0.615. The number of aromatic nitrogens is 2. The zero-order valence-electron chi connectivity index (χ0n) is 11.6. The van der Waals surface area contributed by atoms with Crippen LogP contribution in [-0.4, -0.2) is 60.5 Å². The maximum atomic E-state index is 10.7. The van der Waals surface area contributed by atoms with E-state index >= 15 is 0 Å². The molecule has 19 heavy (non-hydrogen) atoms. The van der Waals surface area contributed by atoms with Gasteiger partial charge in [0.2, 0.25) is 12.4 Å². The molecule has 0 unspecified atom stereocenters. The standard InChI is InChI=1S/C13H21N5O/c1-3-17(4-2)12-5-6-14-13(15-12)18-9-7-16(11-19)8-10-18/h5-6,11H,3-4,7-10H2,1-2H3. The molecule has 104 valence electrons. The summed E-state index contributed by atoms with van der Waals surface area (Å²) in [6.07, 6.45) is 2.71. The number of anilines is 2. The minimum absolute atomic E-state index is 0.738. The van der Waals surface area contributed by atoms with Crippen molar-refractivity contribution in [2.75, 3.05) is 49.1 Å². The van der Waals surface area contributed by atoms with Crippen LogP contribution in [-0.2, 0) is 4.79 Å². The van der Waals surface area contributed by atoms with Crippen LogP contribution in [0.2, 0.25) is 0 Å². The molecule has 0 radical (unpaired) electrons. The van der Waals surface area contributed by atoms with Gasteiger partial charge in [0.05, 0.1) is 0 Å². The molecule has 1 amide bonds. The van der Waals surface area contributed by atoms with Gasteiger partial charge in [-0.15, -0.1) is 0 Å². The summed E-state index contributed by atoms with van der Waals surface area (Å²) in [5.74, 6) is 1.72. The summed E-state index contributed by atoms with van der Waals surface area (Å²) in [4.78, 5) is 25.8. The van der Waals surface area contributed by atoms with Gasteiger partial charge in [-0.05, 0) is 19.9 Å². The molecule has 1 aliphatic rings. The summed E-state index contributed by atoms with van der Waals surface area (Å²) in [5, 5.41) is 0. The van der Waals surface area contributed by atoms with E-state index in [9.17, 15) is 4.79 Å². The third kappa shape index (κ3) is 3.13. The van der Waals surface area contributed by atoms with Gasteiger partial charge in [-0.25, -0.2) is 4.98 Å². The van der Waals surface area contributed by atoms with Crippen molar-refractivity contribution in [3.63, 3.8) is 0 Å². The normalized spacial score (nSPS) is 15.5. The second-order valence-electron chi connectivity index (χ2n) is 4.52. The largest absolute Gasteiger partial charge is 0.357 e. The molecule has 6 heteroatoms. The molecule has 0 aliphatic carbocycles. The van der Waals surface area contributed by atoms with Crippen molar-refractivity contribution in [3.05, 3.63) is 12.3 Å². The van der Waals surface area contributed by atoms with Gasteiger partial charge in [0.15, 0.2) is 0 Å². The van der Waals surface area contributed by atoms with Crippen LogP contribution in [0.5, 0.6) is 0 Å². The van der Waals surface area contributed by atoms with Gasteiger partial charge >= 0.3 is 0 Å². The number of carbonyl (C=O) groups is 1. The van der Waals surface area contributed by atoms with E-state index in [1.165, 1.54) is 0 Å². The minimum atomic E-state index is 0.738. The van der Waals surface area contributed by atoms with Crippen LogP contribution in [0.15, 0.2) is 12.3 Å². The summed E-state index contributed by atoms with van der Waals surface area (Å²) in [6, 6.07) is 1.94. The highest BCUT2D eigenvalue weighted by Gasteiger charge is 2.18. The Hall–Kier alpha value is -1.85. The monoisotopic (exact) mass is 263 g/mol. The fourth-order valence-electron chi connectivity index (χ4n) is 2.24. The lowest BCUT2D eigenvalue weighted by molar-refractivity contribution is -0.118. The van der Waals surface area contributed by atoms with E-state index in [-0.39, 0.29) is 0 Å². The van der Waals surface area contributed by atoms with Crippen LogP contribution in [0.1, 0.15) is 13.8 Å². The third-order valence-corrected chi connectivity index (χ3v) is 3.46. The molecule has 1 saturated heterocycles. The van der Waals surface area contributed by atoms with Crippen molar-refractivity contribution < 1.29 is 4.79 Å². The highest BCUT2D eigenvalue weighted by Crippen LogP contribution is 2.15. The van der Waals surface area contributed by atoms with Crippen molar-refractivity contribution in [1.29, 1.82) is 0 Å². The van der Waals surface area contributed by atoms with E-state index in [0.717, 1.165) is 57.4 Å². The van der Waals surface area contributed by atoms with E-state index in [1.807, 2.05) is 12.3 Å². The summed E-state index contributed by atoms with van der Waals surface area (Å²) >= 11 is 0. The lowest BCUT2D eigenvalue weighted by Crippen LogP contribution is -2.46. The van der Waals surface area contributed by atoms with Gasteiger partial charge < -0.3 is 14.7 Å². The van der Waals surface area contributed by atoms with Crippen molar-refractivity contribution in [1.82, 2.24) is 14.9 Å². The van der Waals surface area contributed by atoms with Gasteiger partial charge in [0.25, 0.3) is 0 Å². The number of piperazine rings is 1. The van der Waals surface area contributed by atoms with Crippen molar-refractivity contribution in [3.8, 4) is 0 Å². The Labute approximate surface area is 114 Å². The summed E-state index contributed by atoms with van der Waals surface area (Å²) in [5.41, 5.74) is 0. The Balaban J connectivity index is 2.08. The number of nitrogens with zero attached hydrogens (tertiary/aromatic N) is 5. The third-order valence-electron chi connectivity index (χ3n) is 3.46. The highest BCUT2D eigenvalue weighted by molar-refractivity contribution is 5.49. The first kappa shape index (κ1) is 13.6. The SMILES string of the molecule is CCN(CC)c1ccnc(N2CCN(C=O)CC2)n1. The molecule has 1 aliphatic heterocycles. The quantitative estimate of drug-likeness (QED) is 0.728. The molecular weight excluding hydrogens is 242 g/mol. The zero-order chi connectivity index (χ0) is 13.7. The second kappa shape index (κ2) is 6.36. The Morgan fingerprint density at radius 3 is 2.53 bits per heavy atom. The van der Waals surface area contributed by atoms with Crippen molar-refractivity contribution >= 4 is 18.2 Å². The first-order valence-corrected chi connectivity index (χ1v) is 6.80. The molecule has 0 spiro atoms. The number of amides is 1. The molecule has 1 aromatic heterocycles. The molecular formula is C13H21N5O. The smallest absolute Gasteiger partial charge is 0.227 e. The number of hydrogen-bond acceptors (Lipinski definition) is 5. The maximum absolute atomic E-state index is 10.7. The van der Waals surface area contributed by atoms with Gasteiger partial charge in [-0.1, -0.05) is 0 Å². The van der Waals surface area contributed by atoms with Crippen molar-refractivity contribution in [2.45, 2.75) is 13.8 Å². The van der Waals surface area contributed by atoms with Crippen LogP contribution < -0.4 is 9.80 Å². The van der Waals surface area contributed by atoms with Gasteiger partial charge in [0.1, 0.15) is 5.82 Å². The fourth-order valence-corrected chi connectivity index (χ4v) is 2.24. The van der Waals surface area contributed by atoms with Crippen LogP contribution in [0.25, 0.3) is 0 Å². The maximum Gasteiger partial charge on any atom is 0.227 e. The van der Waals surface area contributed by atoms with Crippen LogP contribution >= 0.6 is 0 Å². The van der Waals surface area contributed by atoms with Crippen molar-refractivity contribution in [2.24, 2.45) is 0 Å². The first-order chi connectivity index (χ1) is 9.28. The molecule has 6 nitrogen and oxygen atoms in total. The number of hydrogen-bond donors (Lipinski definition) is 0. The lowest BCUT2D eigenvalue weighted by atomic mass is 10.3. The number of carbonyl (C=O) groups excluding carboxylic acids is 1. The Morgan fingerprint density at radius 2 is 1.95 bits per heavy atom. The zero-order valence-corrected chi connectivity index (χ0v) is 11.6. The van der Waals surface area contributed by atoms with Gasteiger partial charge in [-0.2, -0.15) is 4.98 Å². The Kier molecular flexibility index (Phi) is 4.54. The van der Waals surface area contributed by atoms with E-state index < -0.39 is 0 Å². The molecule has 2 heterocycles. The van der Waals surface area contributed by atoms with Gasteiger partial charge in [0, 0.05) is 45.5 Å². The summed E-state index contributed by atoms with van der Waals surface area (Å²) in [6.45, 7) is 9.17. The van der Waals surface area contributed by atoms with E-state index in [4.69, 9.17) is 0 Å². The van der Waals surface area contributed by atoms with Crippen LogP contribution in [0.4, 0.5) is 11.8 Å². The first-order valence-electron chi connectivity index (χ1n) is 6.80. The topological polar surface area (TPSA) is 52.6 Å². The minimum Gasteiger partial charge on any atom is -0.357 e. The molecule has 0 bridgehead atoms. The molecule has 1 fully saturated rings. The van der Waals surface area contributed by atoms with Crippen LogP contribution in [0, 0.1) is 0 Å². The van der Waals surface area contributed by atoms with Gasteiger partial charge in [-0.3, -0.25) is 4.79 Å². The van der Waals surface area contributed by atoms with E-state index in [2.05, 4.69) is 33.6 Å². The molecule has 0 aromatic carbocycles. The van der Waals surface area contributed by atoms with E-state index in [0.29, 0.717) is 0 Å². The highest BCUT2D eigenvalue weighted by atomic mass is 16.1. The molecule has 0 atom stereocenters. The average molecular weight is 263 g/mol. The van der Waals surface area contributed by atoms with Crippen LogP contribution in [0.3, 0.4) is 0 Å². The average Bonchev–Trinajstić information content (AvgIpc) is 2.49. The molecule has 0 N–H and O–H groups in total. The number of rotatable bonds is 5.